The molecule has 0 fully saturated rings. The highest BCUT2D eigenvalue weighted by Gasteiger charge is 2.03. The van der Waals surface area contributed by atoms with Crippen molar-refractivity contribution >= 4 is 38.9 Å². The van der Waals surface area contributed by atoms with Gasteiger partial charge in [-0.05, 0) is 22.0 Å². The van der Waals surface area contributed by atoms with Crippen molar-refractivity contribution < 1.29 is 0 Å². The van der Waals surface area contributed by atoms with E-state index in [4.69, 9.17) is 11.6 Å². The minimum absolute atomic E-state index is 0.798. The zero-order valence-electron chi connectivity index (χ0n) is 8.33. The summed E-state index contributed by atoms with van der Waals surface area (Å²) in [5, 5.41) is 9.93. The van der Waals surface area contributed by atoms with Crippen LogP contribution >= 0.6 is 38.9 Å². The summed E-state index contributed by atoms with van der Waals surface area (Å²) in [5.74, 6) is 0.901. The zero-order chi connectivity index (χ0) is 11.4. The number of nitrogens with zero attached hydrogens (tertiary/aromatic N) is 2. The van der Waals surface area contributed by atoms with Crippen molar-refractivity contribution in [3.8, 4) is 0 Å². The van der Waals surface area contributed by atoms with Crippen molar-refractivity contribution in [2.45, 2.75) is 13.0 Å². The van der Waals surface area contributed by atoms with E-state index in [1.165, 1.54) is 11.2 Å². The van der Waals surface area contributed by atoms with E-state index < -0.39 is 0 Å². The molecule has 0 aliphatic heterocycles. The predicted molar refractivity (Wildman–Crippen MR) is 68.8 cm³/mol. The lowest BCUT2D eigenvalue weighted by atomic mass is 10.4. The molecule has 0 aliphatic rings. The maximum absolute atomic E-state index is 5.94. The van der Waals surface area contributed by atoms with E-state index in [9.17, 15) is 0 Å². The molecule has 0 aliphatic carbocycles. The minimum atomic E-state index is 0.798. The van der Waals surface area contributed by atoms with Gasteiger partial charge >= 0.3 is 0 Å². The van der Waals surface area contributed by atoms with Crippen molar-refractivity contribution in [3.63, 3.8) is 0 Å². The first kappa shape index (κ1) is 12.0. The molecule has 0 radical (unpaired) electrons. The van der Waals surface area contributed by atoms with Crippen molar-refractivity contribution in [2.75, 3.05) is 6.54 Å². The topological polar surface area (TPSA) is 53.6 Å². The van der Waals surface area contributed by atoms with Crippen LogP contribution in [0.25, 0.3) is 0 Å². The Bertz CT molecular complexity index is 423. The fourth-order valence-electron chi connectivity index (χ4n) is 1.25. The Morgan fingerprint density at radius 3 is 3.06 bits per heavy atom. The van der Waals surface area contributed by atoms with Gasteiger partial charge in [-0.3, -0.25) is 5.10 Å². The number of rotatable bonds is 5. The van der Waals surface area contributed by atoms with Gasteiger partial charge in [-0.15, -0.1) is 11.3 Å². The number of aromatic amines is 1. The molecule has 2 N–H and O–H groups in total. The molecule has 0 spiro atoms. The lowest BCUT2D eigenvalue weighted by molar-refractivity contribution is 0.677. The molecule has 7 heteroatoms. The van der Waals surface area contributed by atoms with E-state index in [0.29, 0.717) is 0 Å². The Labute approximate surface area is 111 Å². The molecule has 0 atom stereocenters. The van der Waals surface area contributed by atoms with Crippen LogP contribution in [0.2, 0.25) is 4.34 Å². The van der Waals surface area contributed by atoms with Crippen molar-refractivity contribution in [2.24, 2.45) is 0 Å². The molecule has 86 valence electrons. The van der Waals surface area contributed by atoms with E-state index >= 15 is 0 Å². The number of halogens is 2. The summed E-state index contributed by atoms with van der Waals surface area (Å²) in [6.45, 7) is 1.69. The van der Waals surface area contributed by atoms with Gasteiger partial charge in [0.2, 0.25) is 0 Å². The Morgan fingerprint density at radius 2 is 2.44 bits per heavy atom. The summed E-state index contributed by atoms with van der Waals surface area (Å²) in [6.07, 6.45) is 2.37. The third-order valence-corrected chi connectivity index (χ3v) is 4.47. The average molecular weight is 322 g/mol. The quantitative estimate of drug-likeness (QED) is 0.832. The molecule has 2 rings (SSSR count). The molecule has 0 saturated heterocycles. The second-order valence-corrected chi connectivity index (χ2v) is 5.79. The maximum atomic E-state index is 5.94. The summed E-state index contributed by atoms with van der Waals surface area (Å²) in [5.41, 5.74) is 0. The van der Waals surface area contributed by atoms with Crippen LogP contribution < -0.4 is 5.32 Å². The fourth-order valence-corrected chi connectivity index (χ4v) is 3.01. The molecule has 0 bridgehead atoms. The third kappa shape index (κ3) is 3.28. The van der Waals surface area contributed by atoms with Crippen LogP contribution in [-0.2, 0) is 13.0 Å². The number of thiophene rings is 1. The Balaban J connectivity index is 1.72. The summed E-state index contributed by atoms with van der Waals surface area (Å²) in [6, 6.07) is 2.04. The van der Waals surface area contributed by atoms with E-state index in [1.807, 2.05) is 6.07 Å². The molecular formula is C9H10BrClN4S. The van der Waals surface area contributed by atoms with Crippen molar-refractivity contribution in [3.05, 3.63) is 31.9 Å². The number of aromatic nitrogens is 3. The highest BCUT2D eigenvalue weighted by atomic mass is 79.9. The molecule has 2 heterocycles. The van der Waals surface area contributed by atoms with Crippen LogP contribution in [0.4, 0.5) is 0 Å². The summed E-state index contributed by atoms with van der Waals surface area (Å²) >= 11 is 10.9. The molecule has 16 heavy (non-hydrogen) atoms. The standard InChI is InChI=1S/C9H10BrClN4S/c10-7-3-6(16-9(7)11)4-12-2-1-8-13-5-14-15-8/h3,5,12H,1-2,4H2,(H,13,14,15). The smallest absolute Gasteiger partial charge is 0.137 e. The largest absolute Gasteiger partial charge is 0.311 e. The summed E-state index contributed by atoms with van der Waals surface area (Å²) in [4.78, 5) is 5.26. The van der Waals surface area contributed by atoms with Crippen LogP contribution in [-0.4, -0.2) is 21.7 Å². The SMILES string of the molecule is Clc1sc(CNCCc2ncn[nH]2)cc1Br. The monoisotopic (exact) mass is 320 g/mol. The highest BCUT2D eigenvalue weighted by Crippen LogP contribution is 2.31. The molecule has 2 aromatic heterocycles. The summed E-state index contributed by atoms with van der Waals surface area (Å²) in [7, 11) is 0. The number of nitrogens with one attached hydrogen (secondary N) is 2. The zero-order valence-corrected chi connectivity index (χ0v) is 11.5. The molecule has 0 amide bonds. The normalized spacial score (nSPS) is 10.9. The van der Waals surface area contributed by atoms with Crippen LogP contribution in [0.1, 0.15) is 10.7 Å². The molecule has 0 unspecified atom stereocenters. The van der Waals surface area contributed by atoms with Gasteiger partial charge in [-0.1, -0.05) is 11.6 Å². The number of hydrogen-bond donors (Lipinski definition) is 2. The van der Waals surface area contributed by atoms with Crippen LogP contribution in [0.3, 0.4) is 0 Å². The van der Waals surface area contributed by atoms with Crippen molar-refractivity contribution in [1.82, 2.24) is 20.5 Å². The second kappa shape index (κ2) is 5.77. The van der Waals surface area contributed by atoms with Gasteiger partial charge in [0.15, 0.2) is 0 Å². The molecule has 0 saturated carbocycles. The van der Waals surface area contributed by atoms with E-state index in [1.54, 1.807) is 11.3 Å². The first-order valence-corrected chi connectivity index (χ1v) is 6.73. The molecule has 4 nitrogen and oxygen atoms in total. The van der Waals surface area contributed by atoms with Gasteiger partial charge in [0.25, 0.3) is 0 Å². The predicted octanol–water partition coefficient (Wildman–Crippen LogP) is 2.61. The van der Waals surface area contributed by atoms with Gasteiger partial charge < -0.3 is 5.32 Å². The lowest BCUT2D eigenvalue weighted by Crippen LogP contribution is -2.16. The molecule has 2 aromatic rings. The van der Waals surface area contributed by atoms with Gasteiger partial charge in [-0.2, -0.15) is 5.10 Å². The fraction of sp³-hybridized carbons (Fsp3) is 0.333. The van der Waals surface area contributed by atoms with Crippen LogP contribution in [0, 0.1) is 0 Å². The molecule has 0 aromatic carbocycles. The second-order valence-electron chi connectivity index (χ2n) is 3.19. The van der Waals surface area contributed by atoms with Crippen LogP contribution in [0.5, 0.6) is 0 Å². The van der Waals surface area contributed by atoms with Gasteiger partial charge in [0.05, 0.1) is 0 Å². The molecular weight excluding hydrogens is 312 g/mol. The van der Waals surface area contributed by atoms with Gasteiger partial charge in [0, 0.05) is 28.9 Å². The van der Waals surface area contributed by atoms with Crippen LogP contribution in [0.15, 0.2) is 16.9 Å². The maximum Gasteiger partial charge on any atom is 0.137 e. The number of hydrogen-bond acceptors (Lipinski definition) is 4. The lowest BCUT2D eigenvalue weighted by Gasteiger charge is -2.00. The average Bonchev–Trinajstić information content (AvgIpc) is 2.85. The van der Waals surface area contributed by atoms with E-state index in [2.05, 4.69) is 36.4 Å². The first-order valence-electron chi connectivity index (χ1n) is 4.74. The highest BCUT2D eigenvalue weighted by molar-refractivity contribution is 9.10. The van der Waals surface area contributed by atoms with E-state index in [0.717, 1.165) is 34.1 Å². The van der Waals surface area contributed by atoms with Gasteiger partial charge in [0.1, 0.15) is 16.5 Å². The van der Waals surface area contributed by atoms with Crippen molar-refractivity contribution in [1.29, 1.82) is 0 Å². The Hall–Kier alpha value is -0.430. The minimum Gasteiger partial charge on any atom is -0.311 e. The first-order chi connectivity index (χ1) is 7.75. The number of H-pyrrole nitrogens is 1. The Morgan fingerprint density at radius 1 is 1.56 bits per heavy atom. The van der Waals surface area contributed by atoms with E-state index in [-0.39, 0.29) is 0 Å². The Kier molecular flexibility index (Phi) is 4.34. The van der Waals surface area contributed by atoms with Gasteiger partial charge in [-0.25, -0.2) is 4.98 Å². The third-order valence-electron chi connectivity index (χ3n) is 2.00. The summed E-state index contributed by atoms with van der Waals surface area (Å²) < 4.78 is 1.76.